The zero-order chi connectivity index (χ0) is 23.2. The Balaban J connectivity index is 1.34. The number of hydrogen-bond acceptors (Lipinski definition) is 6. The van der Waals surface area contributed by atoms with Crippen LogP contribution in [-0.4, -0.2) is 63.8 Å². The average Bonchev–Trinajstić information content (AvgIpc) is 3.59. The number of amides is 5. The van der Waals surface area contributed by atoms with Crippen molar-refractivity contribution < 1.29 is 23.9 Å². The molecule has 0 bridgehead atoms. The molecule has 1 spiro atoms. The van der Waals surface area contributed by atoms with E-state index < -0.39 is 17.6 Å². The standard InChI is InChI=1S/C22H24N6O5/c1-23-20(31)26-14-4-5-15-13(11-14)6-7-22(15)19(30)28(21(32)33-22)12-17(29)27-10-2-3-16(27)18-24-8-9-25-18/h4-5,8-9,11,16H,2-3,6-7,10,12H2,1H3,(H,24,25)(H2,23,26,31). The maximum atomic E-state index is 13.4. The Labute approximate surface area is 189 Å². The second kappa shape index (κ2) is 7.91. The van der Waals surface area contributed by atoms with Gasteiger partial charge in [-0.25, -0.2) is 19.5 Å². The van der Waals surface area contributed by atoms with Crippen molar-refractivity contribution in [1.82, 2.24) is 25.1 Å². The second-order valence-corrected chi connectivity index (χ2v) is 8.38. The van der Waals surface area contributed by atoms with E-state index in [0.29, 0.717) is 36.5 Å². The van der Waals surface area contributed by atoms with E-state index in [4.69, 9.17) is 4.74 Å². The third-order valence-corrected chi connectivity index (χ3v) is 6.55. The third kappa shape index (κ3) is 3.40. The molecule has 2 unspecified atom stereocenters. The fourth-order valence-electron chi connectivity index (χ4n) is 4.96. The number of likely N-dealkylation sites (tertiary alicyclic amines) is 1. The molecule has 2 fully saturated rings. The van der Waals surface area contributed by atoms with Crippen LogP contribution in [0.5, 0.6) is 0 Å². The van der Waals surface area contributed by atoms with Crippen molar-refractivity contribution in [2.45, 2.75) is 37.3 Å². The minimum absolute atomic E-state index is 0.200. The van der Waals surface area contributed by atoms with Crippen LogP contribution in [-0.2, 0) is 26.3 Å². The van der Waals surface area contributed by atoms with E-state index in [1.807, 2.05) is 0 Å². The van der Waals surface area contributed by atoms with Gasteiger partial charge in [-0.15, -0.1) is 0 Å². The van der Waals surface area contributed by atoms with Crippen molar-refractivity contribution in [2.75, 3.05) is 25.5 Å². The molecule has 11 nitrogen and oxygen atoms in total. The summed E-state index contributed by atoms with van der Waals surface area (Å²) in [4.78, 5) is 60.6. The van der Waals surface area contributed by atoms with Gasteiger partial charge in [0.05, 0.1) is 6.04 Å². The molecule has 2 aliphatic heterocycles. The van der Waals surface area contributed by atoms with Crippen molar-refractivity contribution in [1.29, 1.82) is 0 Å². The number of H-pyrrole nitrogens is 1. The predicted octanol–water partition coefficient (Wildman–Crippen LogP) is 1.64. The van der Waals surface area contributed by atoms with Crippen molar-refractivity contribution in [2.24, 2.45) is 0 Å². The topological polar surface area (TPSA) is 137 Å². The highest BCUT2D eigenvalue weighted by Crippen LogP contribution is 2.46. The first-order valence-electron chi connectivity index (χ1n) is 10.9. The number of hydrogen-bond donors (Lipinski definition) is 3. The van der Waals surface area contributed by atoms with Crippen molar-refractivity contribution in [3.8, 4) is 0 Å². The van der Waals surface area contributed by atoms with Gasteiger partial charge < -0.3 is 25.3 Å². The van der Waals surface area contributed by atoms with Crippen LogP contribution in [0, 0.1) is 0 Å². The van der Waals surface area contributed by atoms with Crippen molar-refractivity contribution in [3.63, 3.8) is 0 Å². The van der Waals surface area contributed by atoms with E-state index in [1.54, 1.807) is 35.5 Å². The highest BCUT2D eigenvalue weighted by molar-refractivity contribution is 6.06. The molecular formula is C22H24N6O5. The van der Waals surface area contributed by atoms with E-state index >= 15 is 0 Å². The molecule has 1 aromatic carbocycles. The van der Waals surface area contributed by atoms with Gasteiger partial charge in [0.15, 0.2) is 0 Å². The number of aromatic amines is 1. The molecule has 33 heavy (non-hydrogen) atoms. The molecule has 0 saturated carbocycles. The number of ether oxygens (including phenoxy) is 1. The molecule has 2 aromatic rings. The summed E-state index contributed by atoms with van der Waals surface area (Å²) in [7, 11) is 1.52. The molecule has 5 rings (SSSR count). The number of nitrogens with zero attached hydrogens (tertiary/aromatic N) is 3. The first-order valence-corrected chi connectivity index (χ1v) is 10.9. The summed E-state index contributed by atoms with van der Waals surface area (Å²) in [6.45, 7) is 0.165. The summed E-state index contributed by atoms with van der Waals surface area (Å²) in [5.41, 5.74) is 0.555. The Hall–Kier alpha value is -3.89. The number of rotatable bonds is 4. The minimum Gasteiger partial charge on any atom is -0.427 e. The normalized spacial score (nSPS) is 23.7. The Bertz CT molecular complexity index is 1130. The molecule has 11 heteroatoms. The van der Waals surface area contributed by atoms with Crippen LogP contribution in [0.1, 0.15) is 42.3 Å². The summed E-state index contributed by atoms with van der Waals surface area (Å²) >= 11 is 0. The van der Waals surface area contributed by atoms with Crippen LogP contribution in [0.4, 0.5) is 15.3 Å². The second-order valence-electron chi connectivity index (χ2n) is 8.38. The number of benzene rings is 1. The van der Waals surface area contributed by atoms with Crippen LogP contribution in [0.2, 0.25) is 0 Å². The van der Waals surface area contributed by atoms with E-state index in [1.165, 1.54) is 7.05 Å². The van der Waals surface area contributed by atoms with Gasteiger partial charge >= 0.3 is 12.1 Å². The molecular weight excluding hydrogens is 428 g/mol. The van der Waals surface area contributed by atoms with Gasteiger partial charge in [0.2, 0.25) is 11.5 Å². The third-order valence-electron chi connectivity index (χ3n) is 6.55. The summed E-state index contributed by atoms with van der Waals surface area (Å²) < 4.78 is 5.61. The molecule has 3 N–H and O–H groups in total. The lowest BCUT2D eigenvalue weighted by atomic mass is 9.94. The van der Waals surface area contributed by atoms with E-state index in [9.17, 15) is 19.2 Å². The fourth-order valence-corrected chi connectivity index (χ4v) is 4.96. The molecule has 3 aliphatic rings. The SMILES string of the molecule is CNC(=O)Nc1ccc2c(c1)CCC21OC(=O)N(CC(=O)N2CCCC2c2ncc[nH]2)C1=O. The largest absolute Gasteiger partial charge is 0.427 e. The molecule has 3 heterocycles. The van der Waals surface area contributed by atoms with Crippen molar-refractivity contribution in [3.05, 3.63) is 47.5 Å². The molecule has 5 amide bonds. The number of nitrogens with one attached hydrogen (secondary N) is 3. The summed E-state index contributed by atoms with van der Waals surface area (Å²) in [5, 5.41) is 5.17. The lowest BCUT2D eigenvalue weighted by Gasteiger charge is -2.25. The average molecular weight is 452 g/mol. The van der Waals surface area contributed by atoms with E-state index in [0.717, 1.165) is 23.3 Å². The quantitative estimate of drug-likeness (QED) is 0.645. The number of carbonyl (C=O) groups is 4. The highest BCUT2D eigenvalue weighted by Gasteiger charge is 2.58. The van der Waals surface area contributed by atoms with Gasteiger partial charge in [-0.2, -0.15) is 0 Å². The maximum absolute atomic E-state index is 13.4. The zero-order valence-corrected chi connectivity index (χ0v) is 18.1. The molecule has 172 valence electrons. The van der Waals surface area contributed by atoms with Gasteiger partial charge in [-0.3, -0.25) is 9.59 Å². The fraction of sp³-hybridized carbons (Fsp3) is 0.409. The van der Waals surface area contributed by atoms with Crippen LogP contribution in [0.3, 0.4) is 0 Å². The highest BCUT2D eigenvalue weighted by atomic mass is 16.6. The van der Waals surface area contributed by atoms with Crippen LogP contribution >= 0.6 is 0 Å². The first kappa shape index (κ1) is 21.0. The predicted molar refractivity (Wildman–Crippen MR) is 115 cm³/mol. The number of urea groups is 1. The lowest BCUT2D eigenvalue weighted by Crippen LogP contribution is -2.44. The molecule has 1 aliphatic carbocycles. The number of aromatic nitrogens is 2. The Morgan fingerprint density at radius 3 is 2.94 bits per heavy atom. The Kier molecular flexibility index (Phi) is 5.03. The van der Waals surface area contributed by atoms with Crippen molar-refractivity contribution >= 4 is 29.6 Å². The first-order chi connectivity index (χ1) is 15.9. The van der Waals surface area contributed by atoms with Crippen LogP contribution < -0.4 is 10.6 Å². The number of fused-ring (bicyclic) bond motifs is 2. The van der Waals surface area contributed by atoms with Crippen LogP contribution in [0.15, 0.2) is 30.6 Å². The molecule has 2 saturated heterocycles. The molecule has 0 radical (unpaired) electrons. The monoisotopic (exact) mass is 452 g/mol. The lowest BCUT2D eigenvalue weighted by molar-refractivity contribution is -0.142. The molecule has 1 aromatic heterocycles. The minimum atomic E-state index is -1.43. The smallest absolute Gasteiger partial charge is 0.418 e. The number of carbonyl (C=O) groups excluding carboxylic acids is 4. The Morgan fingerprint density at radius 1 is 1.33 bits per heavy atom. The summed E-state index contributed by atoms with van der Waals surface area (Å²) in [6, 6.07) is 4.57. The number of imidazole rings is 1. The van der Waals surface area contributed by atoms with Gasteiger partial charge in [-0.1, -0.05) is 6.07 Å². The van der Waals surface area contributed by atoms with Gasteiger partial charge in [0, 0.05) is 43.7 Å². The van der Waals surface area contributed by atoms with E-state index in [-0.39, 0.29) is 24.5 Å². The summed E-state index contributed by atoms with van der Waals surface area (Å²) in [5.74, 6) is -0.154. The molecule has 2 atom stereocenters. The maximum Gasteiger partial charge on any atom is 0.418 e. The summed E-state index contributed by atoms with van der Waals surface area (Å²) in [6.07, 6.45) is 4.90. The van der Waals surface area contributed by atoms with Gasteiger partial charge in [0.1, 0.15) is 12.4 Å². The van der Waals surface area contributed by atoms with Gasteiger partial charge in [-0.05, 0) is 37.0 Å². The van der Waals surface area contributed by atoms with Crippen LogP contribution in [0.25, 0.3) is 0 Å². The van der Waals surface area contributed by atoms with E-state index in [2.05, 4.69) is 20.6 Å². The zero-order valence-electron chi connectivity index (χ0n) is 18.1. The number of anilines is 1. The Morgan fingerprint density at radius 2 is 2.18 bits per heavy atom. The number of imide groups is 1. The van der Waals surface area contributed by atoms with Gasteiger partial charge in [0.25, 0.3) is 5.91 Å². The number of aryl methyl sites for hydroxylation is 1.